The van der Waals surface area contributed by atoms with Gasteiger partial charge in [-0.05, 0) is 53.4 Å². The molecule has 16 unspecified atom stereocenters. The SMILES string of the molecule is CC(=O)NC1C(OCCOCCNC(=O)CN(CC(=O)NCCOCCOC2OC(COC(C)=O)C(OC(C)=O)C(C)C2NC(C)=O)C(Cc2ccc(OCc3ccccc3)cc2)C(=O)NCOCCOC2OC(COC(C)=O)C(C)C(C)C2NC(C)=O)OC(COC(C)=O)C(C)C1C. The summed E-state index contributed by atoms with van der Waals surface area (Å²) in [6, 6.07) is 13.6. The number of hydrogen-bond donors (Lipinski definition) is 6. The standard InChI is InChI=1S/C68H103N7O24/c1-40-42(3)61(72-45(6)76)66(97-56(40)36-92-48(9)79)89-29-26-86-24-22-69-59(83)33-75(34-60(84)70-23-25-87-27-30-90-68-63(74-47(8)78)44(5)64(96-51(12)82)58(99-68)38-94-50(11)81)55(32-52-18-20-54(21-19-52)95-35-53-16-14-13-15-17-53)65(85)71-39-88-28-31-91-67-62(73-46(7)77)43(4)41(2)57(98-67)37-93-49(10)80/h13-21,40-44,55-58,61-64,66-68H,22-39H2,1-12H3,(H,69,83)(H,70,84)(H,71,85)(H,72,76)(H,73,77)(H,74,78). The van der Waals surface area contributed by atoms with E-state index in [9.17, 15) is 47.9 Å². The molecule has 6 amide bonds. The predicted octanol–water partition coefficient (Wildman–Crippen LogP) is 1.37. The Balaban J connectivity index is 1.27. The zero-order chi connectivity index (χ0) is 72.6. The van der Waals surface area contributed by atoms with E-state index in [-0.39, 0.29) is 134 Å². The number of rotatable bonds is 41. The molecule has 3 aliphatic heterocycles. The average Bonchev–Trinajstić information content (AvgIpc) is 0.833. The lowest BCUT2D eigenvalue weighted by Gasteiger charge is -2.44. The third-order valence-electron chi connectivity index (χ3n) is 17.0. The van der Waals surface area contributed by atoms with Gasteiger partial charge in [0.05, 0.1) is 102 Å². The van der Waals surface area contributed by atoms with Crippen molar-refractivity contribution < 1.29 is 114 Å². The van der Waals surface area contributed by atoms with E-state index in [0.717, 1.165) is 5.56 Å². The van der Waals surface area contributed by atoms with Crippen LogP contribution in [0.5, 0.6) is 5.75 Å². The van der Waals surface area contributed by atoms with Crippen molar-refractivity contribution in [3.05, 3.63) is 65.7 Å². The summed E-state index contributed by atoms with van der Waals surface area (Å²) >= 11 is 0. The fourth-order valence-electron chi connectivity index (χ4n) is 11.5. The second-order valence-corrected chi connectivity index (χ2v) is 24.8. The van der Waals surface area contributed by atoms with Crippen molar-refractivity contribution in [3.63, 3.8) is 0 Å². The van der Waals surface area contributed by atoms with Crippen LogP contribution in [0.2, 0.25) is 0 Å². The average molecular weight is 1400 g/mol. The first-order valence-electron chi connectivity index (χ1n) is 33.4. The Bertz CT molecular complexity index is 2870. The molecule has 99 heavy (non-hydrogen) atoms. The van der Waals surface area contributed by atoms with Crippen molar-refractivity contribution in [3.8, 4) is 5.75 Å². The van der Waals surface area contributed by atoms with Crippen LogP contribution in [0, 0.1) is 29.6 Å². The molecule has 2 aromatic carbocycles. The van der Waals surface area contributed by atoms with Crippen LogP contribution in [-0.2, 0) is 123 Å². The Kier molecular flexibility index (Phi) is 35.9. The molecule has 0 saturated carbocycles. The topological polar surface area (TPSA) is 375 Å². The van der Waals surface area contributed by atoms with Gasteiger partial charge >= 0.3 is 23.9 Å². The van der Waals surface area contributed by atoms with Crippen LogP contribution in [0.3, 0.4) is 0 Å². The fraction of sp³-hybridized carbons (Fsp3) is 0.676. The molecule has 5 rings (SSSR count). The minimum Gasteiger partial charge on any atom is -0.489 e. The Labute approximate surface area is 578 Å². The normalized spacial score (nSPS) is 25.4. The summed E-state index contributed by atoms with van der Waals surface area (Å²) in [5, 5.41) is 17.0. The van der Waals surface area contributed by atoms with Gasteiger partial charge in [0.2, 0.25) is 35.4 Å². The summed E-state index contributed by atoms with van der Waals surface area (Å²) in [5.41, 5.74) is 1.60. The smallest absolute Gasteiger partial charge is 0.303 e. The first kappa shape index (κ1) is 82.2. The highest BCUT2D eigenvalue weighted by atomic mass is 16.7. The van der Waals surface area contributed by atoms with Gasteiger partial charge in [0, 0.05) is 67.5 Å². The fourth-order valence-corrected chi connectivity index (χ4v) is 11.5. The number of ether oxygens (including phenoxy) is 14. The van der Waals surface area contributed by atoms with E-state index in [1.165, 1.54) is 53.4 Å². The van der Waals surface area contributed by atoms with Gasteiger partial charge in [0.15, 0.2) is 18.9 Å². The highest BCUT2D eigenvalue weighted by Gasteiger charge is 2.48. The van der Waals surface area contributed by atoms with Gasteiger partial charge in [-0.25, -0.2) is 0 Å². The van der Waals surface area contributed by atoms with Crippen molar-refractivity contribution in [2.75, 3.05) is 106 Å². The minimum absolute atomic E-state index is 0.00574. The maximum atomic E-state index is 14.6. The monoisotopic (exact) mass is 1400 g/mol. The zero-order valence-electron chi connectivity index (χ0n) is 58.9. The van der Waals surface area contributed by atoms with Crippen LogP contribution in [0.15, 0.2) is 54.6 Å². The molecule has 3 aliphatic rings. The second kappa shape index (κ2) is 43.3. The zero-order valence-corrected chi connectivity index (χ0v) is 58.9. The number of amides is 6. The predicted molar refractivity (Wildman–Crippen MR) is 351 cm³/mol. The van der Waals surface area contributed by atoms with Gasteiger partial charge in [0.1, 0.15) is 51.1 Å². The van der Waals surface area contributed by atoms with E-state index in [2.05, 4.69) is 31.9 Å². The Morgan fingerprint density at radius 3 is 1.31 bits per heavy atom. The number of esters is 4. The van der Waals surface area contributed by atoms with Gasteiger partial charge in [-0.15, -0.1) is 0 Å². The summed E-state index contributed by atoms with van der Waals surface area (Å²) in [7, 11) is 0. The molecule has 31 heteroatoms. The number of carbonyl (C=O) groups is 10. The number of nitrogens with one attached hydrogen (secondary N) is 6. The molecule has 3 heterocycles. The highest BCUT2D eigenvalue weighted by molar-refractivity contribution is 5.86. The summed E-state index contributed by atoms with van der Waals surface area (Å²) in [6.07, 6.45) is -5.74. The quantitative estimate of drug-likeness (QED) is 0.0237. The molecule has 0 aromatic heterocycles. The van der Waals surface area contributed by atoms with Gasteiger partial charge < -0.3 is 98.2 Å². The third kappa shape index (κ3) is 29.3. The lowest BCUT2D eigenvalue weighted by Crippen LogP contribution is -2.62. The largest absolute Gasteiger partial charge is 0.489 e. The summed E-state index contributed by atoms with van der Waals surface area (Å²) in [4.78, 5) is 128. The molecule has 3 fully saturated rings. The van der Waals surface area contributed by atoms with Crippen LogP contribution in [0.1, 0.15) is 94.2 Å². The lowest BCUT2D eigenvalue weighted by atomic mass is 9.82. The minimum atomic E-state index is -1.18. The second-order valence-electron chi connectivity index (χ2n) is 24.8. The van der Waals surface area contributed by atoms with Gasteiger partial charge in [-0.3, -0.25) is 52.8 Å². The van der Waals surface area contributed by atoms with E-state index >= 15 is 0 Å². The first-order valence-corrected chi connectivity index (χ1v) is 33.4. The molecule has 0 aliphatic carbocycles. The maximum Gasteiger partial charge on any atom is 0.303 e. The van der Waals surface area contributed by atoms with Crippen molar-refractivity contribution >= 4 is 59.3 Å². The Morgan fingerprint density at radius 1 is 0.455 bits per heavy atom. The molecule has 554 valence electrons. The van der Waals surface area contributed by atoms with Gasteiger partial charge in [-0.2, -0.15) is 0 Å². The van der Waals surface area contributed by atoms with Crippen molar-refractivity contribution in [2.45, 2.75) is 164 Å². The Hall–Kier alpha value is -7.46. The molecule has 3 saturated heterocycles. The summed E-state index contributed by atoms with van der Waals surface area (Å²) < 4.78 is 81.4. The van der Waals surface area contributed by atoms with E-state index in [4.69, 9.17) is 66.3 Å². The number of nitrogens with zero attached hydrogens (tertiary/aromatic N) is 1. The summed E-state index contributed by atoms with van der Waals surface area (Å²) in [6.45, 7) is 17.4. The van der Waals surface area contributed by atoms with E-state index in [0.29, 0.717) is 17.9 Å². The molecule has 2 aromatic rings. The van der Waals surface area contributed by atoms with Gasteiger partial charge in [0.25, 0.3) is 0 Å². The summed E-state index contributed by atoms with van der Waals surface area (Å²) in [5.74, 6) is -5.27. The van der Waals surface area contributed by atoms with Crippen molar-refractivity contribution in [1.29, 1.82) is 0 Å². The van der Waals surface area contributed by atoms with Crippen LogP contribution in [0.25, 0.3) is 0 Å². The Morgan fingerprint density at radius 2 is 0.879 bits per heavy atom. The molecular weight excluding hydrogens is 1300 g/mol. The van der Waals surface area contributed by atoms with Gasteiger partial charge in [-0.1, -0.05) is 77.1 Å². The number of benzene rings is 2. The molecule has 16 atom stereocenters. The highest BCUT2D eigenvalue weighted by Crippen LogP contribution is 2.34. The number of carbonyl (C=O) groups excluding carboxylic acids is 10. The van der Waals surface area contributed by atoms with Crippen molar-refractivity contribution in [2.24, 2.45) is 29.6 Å². The van der Waals surface area contributed by atoms with Crippen LogP contribution in [0.4, 0.5) is 0 Å². The number of hydrogen-bond acceptors (Lipinski definition) is 25. The van der Waals surface area contributed by atoms with E-state index < -0.39 is 134 Å². The molecule has 0 spiro atoms. The molecular formula is C68H103N7O24. The molecule has 0 bridgehead atoms. The van der Waals surface area contributed by atoms with E-state index in [1.807, 2.05) is 58.0 Å². The van der Waals surface area contributed by atoms with Crippen molar-refractivity contribution in [1.82, 2.24) is 36.8 Å². The molecule has 6 N–H and O–H groups in total. The van der Waals surface area contributed by atoms with Crippen LogP contribution < -0.4 is 36.6 Å². The molecule has 0 radical (unpaired) electrons. The molecule has 31 nitrogen and oxygen atoms in total. The lowest BCUT2D eigenvalue weighted by molar-refractivity contribution is -0.264. The maximum absolute atomic E-state index is 14.6. The van der Waals surface area contributed by atoms with Crippen LogP contribution >= 0.6 is 0 Å². The first-order chi connectivity index (χ1) is 47.2. The van der Waals surface area contributed by atoms with E-state index in [1.54, 1.807) is 31.2 Å². The van der Waals surface area contributed by atoms with Crippen LogP contribution in [-0.4, -0.2) is 237 Å². The third-order valence-corrected chi connectivity index (χ3v) is 17.0.